The van der Waals surface area contributed by atoms with Gasteiger partial charge in [0.1, 0.15) is 12.4 Å². The van der Waals surface area contributed by atoms with E-state index in [9.17, 15) is 5.11 Å². The molecule has 0 amide bonds. The molecule has 0 aromatic heterocycles. The molecule has 2 rings (SSSR count). The van der Waals surface area contributed by atoms with Crippen LogP contribution in [0.5, 0.6) is 5.75 Å². The molecule has 0 fully saturated rings. The summed E-state index contributed by atoms with van der Waals surface area (Å²) in [6.07, 6.45) is 3.15. The summed E-state index contributed by atoms with van der Waals surface area (Å²) in [5.41, 5.74) is 2.31. The van der Waals surface area contributed by atoms with E-state index in [1.807, 2.05) is 12.1 Å². The zero-order valence-corrected chi connectivity index (χ0v) is 13.6. The molecule has 0 aliphatic carbocycles. The fourth-order valence-corrected chi connectivity index (χ4v) is 2.74. The van der Waals surface area contributed by atoms with Crippen LogP contribution in [0, 0.1) is 5.92 Å². The molecular formula is C16H22BrNO2. The van der Waals surface area contributed by atoms with Gasteiger partial charge in [-0.05, 0) is 42.2 Å². The molecule has 3 nitrogen and oxygen atoms in total. The van der Waals surface area contributed by atoms with E-state index in [1.54, 1.807) is 0 Å². The zero-order valence-electron chi connectivity index (χ0n) is 12.0. The highest BCUT2D eigenvalue weighted by molar-refractivity contribution is 9.10. The highest BCUT2D eigenvalue weighted by Gasteiger charge is 2.14. The molecule has 110 valence electrons. The molecule has 1 atom stereocenters. The number of aliphatic hydroxyl groups excluding tert-OH is 1. The van der Waals surface area contributed by atoms with Crippen molar-refractivity contribution >= 4 is 22.0 Å². The summed E-state index contributed by atoms with van der Waals surface area (Å²) in [6, 6.07) is 6.18. The maximum Gasteiger partial charge on any atom is 0.127 e. The number of ether oxygens (including phenoxy) is 1. The molecule has 20 heavy (non-hydrogen) atoms. The molecule has 2 N–H and O–H groups in total. The number of aliphatic hydroxyl groups is 1. The number of halogens is 1. The van der Waals surface area contributed by atoms with Crippen LogP contribution in [0.3, 0.4) is 0 Å². The van der Waals surface area contributed by atoms with E-state index in [2.05, 4.69) is 47.2 Å². The third-order valence-electron chi connectivity index (χ3n) is 3.34. The second-order valence-electron chi connectivity index (χ2n) is 5.66. The third kappa shape index (κ3) is 4.33. The first kappa shape index (κ1) is 15.5. The van der Waals surface area contributed by atoms with Gasteiger partial charge in [-0.2, -0.15) is 0 Å². The minimum absolute atomic E-state index is 0.153. The summed E-state index contributed by atoms with van der Waals surface area (Å²) in [7, 11) is 0. The van der Waals surface area contributed by atoms with Crippen LogP contribution < -0.4 is 10.1 Å². The molecule has 1 unspecified atom stereocenters. The molecule has 0 spiro atoms. The average molecular weight is 340 g/mol. The number of fused-ring (bicyclic) bond motifs is 1. The zero-order chi connectivity index (χ0) is 14.5. The van der Waals surface area contributed by atoms with E-state index >= 15 is 0 Å². The van der Waals surface area contributed by atoms with Crippen LogP contribution in [-0.4, -0.2) is 30.9 Å². The Kier molecular flexibility index (Phi) is 5.64. The van der Waals surface area contributed by atoms with E-state index < -0.39 is 0 Å². The van der Waals surface area contributed by atoms with Crippen LogP contribution >= 0.6 is 15.9 Å². The van der Waals surface area contributed by atoms with Crippen LogP contribution in [0.1, 0.15) is 25.8 Å². The van der Waals surface area contributed by atoms with Gasteiger partial charge in [0.25, 0.3) is 0 Å². The lowest BCUT2D eigenvalue weighted by atomic mass is 10.0. The van der Waals surface area contributed by atoms with Crippen molar-refractivity contribution in [1.82, 2.24) is 5.32 Å². The van der Waals surface area contributed by atoms with Crippen molar-refractivity contribution in [3.63, 3.8) is 0 Å². The van der Waals surface area contributed by atoms with Gasteiger partial charge in [-0.15, -0.1) is 0 Å². The van der Waals surface area contributed by atoms with Crippen LogP contribution in [0.4, 0.5) is 0 Å². The Hall–Kier alpha value is -0.840. The van der Waals surface area contributed by atoms with E-state index in [0.717, 1.165) is 28.8 Å². The topological polar surface area (TPSA) is 41.5 Å². The van der Waals surface area contributed by atoms with Crippen LogP contribution in [-0.2, 0) is 0 Å². The van der Waals surface area contributed by atoms with Gasteiger partial charge in [0, 0.05) is 22.6 Å². The lowest BCUT2D eigenvalue weighted by Gasteiger charge is -2.22. The standard InChI is InChI=1S/C16H22BrNO2/c1-11(2)5-15(9-19)18-8-12-6-13-7-14(17)3-4-16(13)20-10-12/h3-4,6-7,11,15,18-19H,5,8-10H2,1-2H3. The molecule has 0 saturated heterocycles. The van der Waals surface area contributed by atoms with E-state index in [0.29, 0.717) is 12.5 Å². The molecule has 0 bridgehead atoms. The van der Waals surface area contributed by atoms with Crippen molar-refractivity contribution in [2.24, 2.45) is 5.92 Å². The highest BCUT2D eigenvalue weighted by Crippen LogP contribution is 2.28. The Morgan fingerprint density at radius 3 is 2.90 bits per heavy atom. The fraction of sp³-hybridized carbons (Fsp3) is 0.500. The molecule has 1 aliphatic rings. The van der Waals surface area contributed by atoms with E-state index in [1.165, 1.54) is 5.57 Å². The second kappa shape index (κ2) is 7.25. The van der Waals surface area contributed by atoms with Gasteiger partial charge < -0.3 is 15.2 Å². The minimum atomic E-state index is 0.153. The first-order chi connectivity index (χ1) is 9.58. The lowest BCUT2D eigenvalue weighted by Crippen LogP contribution is -2.36. The number of nitrogens with one attached hydrogen (secondary N) is 1. The van der Waals surface area contributed by atoms with E-state index in [-0.39, 0.29) is 12.6 Å². The second-order valence-corrected chi connectivity index (χ2v) is 6.58. The molecule has 1 heterocycles. The molecule has 1 aromatic rings. The quantitative estimate of drug-likeness (QED) is 0.836. The smallest absolute Gasteiger partial charge is 0.127 e. The van der Waals surface area contributed by atoms with Gasteiger partial charge in [-0.25, -0.2) is 0 Å². The van der Waals surface area contributed by atoms with Gasteiger partial charge in [0.15, 0.2) is 0 Å². The molecule has 1 aliphatic heterocycles. The third-order valence-corrected chi connectivity index (χ3v) is 3.83. The Morgan fingerprint density at radius 2 is 2.20 bits per heavy atom. The summed E-state index contributed by atoms with van der Waals surface area (Å²) in [4.78, 5) is 0. The number of hydrogen-bond acceptors (Lipinski definition) is 3. The molecule has 1 aromatic carbocycles. The molecule has 0 radical (unpaired) electrons. The van der Waals surface area contributed by atoms with Crippen molar-refractivity contribution in [3.05, 3.63) is 33.8 Å². The van der Waals surface area contributed by atoms with Crippen LogP contribution in [0.2, 0.25) is 0 Å². The summed E-state index contributed by atoms with van der Waals surface area (Å²) >= 11 is 3.48. The van der Waals surface area contributed by atoms with Gasteiger partial charge >= 0.3 is 0 Å². The first-order valence-electron chi connectivity index (χ1n) is 7.04. The monoisotopic (exact) mass is 339 g/mol. The fourth-order valence-electron chi connectivity index (χ4n) is 2.36. The highest BCUT2D eigenvalue weighted by atomic mass is 79.9. The largest absolute Gasteiger partial charge is 0.489 e. The Balaban J connectivity index is 1.97. The molecule has 4 heteroatoms. The SMILES string of the molecule is CC(C)CC(CO)NCC1=Cc2cc(Br)ccc2OC1. The van der Waals surface area contributed by atoms with E-state index in [4.69, 9.17) is 4.74 Å². The maximum absolute atomic E-state index is 9.38. The predicted molar refractivity (Wildman–Crippen MR) is 85.9 cm³/mol. The lowest BCUT2D eigenvalue weighted by molar-refractivity contribution is 0.226. The van der Waals surface area contributed by atoms with Crippen molar-refractivity contribution in [1.29, 1.82) is 0 Å². The summed E-state index contributed by atoms with van der Waals surface area (Å²) in [6.45, 7) is 5.88. The van der Waals surface area contributed by atoms with Crippen molar-refractivity contribution in [3.8, 4) is 5.75 Å². The summed E-state index contributed by atoms with van der Waals surface area (Å²) in [5, 5.41) is 12.8. The van der Waals surface area contributed by atoms with Crippen molar-refractivity contribution < 1.29 is 9.84 Å². The normalized spacial score (nSPS) is 15.6. The Labute approximate surface area is 129 Å². The Morgan fingerprint density at radius 1 is 1.40 bits per heavy atom. The Bertz CT molecular complexity index is 485. The average Bonchev–Trinajstić information content (AvgIpc) is 2.42. The van der Waals surface area contributed by atoms with Gasteiger partial charge in [0.05, 0.1) is 6.61 Å². The van der Waals surface area contributed by atoms with Crippen LogP contribution in [0.25, 0.3) is 6.08 Å². The maximum atomic E-state index is 9.38. The summed E-state index contributed by atoms with van der Waals surface area (Å²) < 4.78 is 6.80. The van der Waals surface area contributed by atoms with Crippen molar-refractivity contribution in [2.75, 3.05) is 19.8 Å². The number of benzene rings is 1. The number of rotatable bonds is 6. The molecule has 0 saturated carbocycles. The van der Waals surface area contributed by atoms with Crippen molar-refractivity contribution in [2.45, 2.75) is 26.3 Å². The minimum Gasteiger partial charge on any atom is -0.489 e. The molecular weight excluding hydrogens is 318 g/mol. The van der Waals surface area contributed by atoms with Gasteiger partial charge in [-0.3, -0.25) is 0 Å². The predicted octanol–water partition coefficient (Wildman–Crippen LogP) is 3.22. The van der Waals surface area contributed by atoms with Gasteiger partial charge in [-0.1, -0.05) is 29.8 Å². The van der Waals surface area contributed by atoms with Gasteiger partial charge in [0.2, 0.25) is 0 Å². The first-order valence-corrected chi connectivity index (χ1v) is 7.84. The summed E-state index contributed by atoms with van der Waals surface area (Å²) in [5.74, 6) is 1.51. The van der Waals surface area contributed by atoms with Crippen LogP contribution in [0.15, 0.2) is 28.2 Å². The number of hydrogen-bond donors (Lipinski definition) is 2.